The third kappa shape index (κ3) is 4.20. The van der Waals surface area contributed by atoms with E-state index in [0.29, 0.717) is 11.4 Å². The van der Waals surface area contributed by atoms with Gasteiger partial charge in [0.2, 0.25) is 0 Å². The van der Waals surface area contributed by atoms with Crippen LogP contribution in [0, 0.1) is 0 Å². The molecule has 4 nitrogen and oxygen atoms in total. The highest BCUT2D eigenvalue weighted by atomic mass is 35.5. The van der Waals surface area contributed by atoms with Crippen molar-refractivity contribution < 1.29 is 9.90 Å². The highest BCUT2D eigenvalue weighted by molar-refractivity contribution is 7.80. The lowest BCUT2D eigenvalue weighted by molar-refractivity contribution is 0.0941. The molecular formula is C11H13ClN2O2S. The first-order chi connectivity index (χ1) is 7.90. The number of phenolic OH excluding ortho intramolecular Hbond substituents is 1. The summed E-state index contributed by atoms with van der Waals surface area (Å²) in [5, 5.41) is 12.3. The Kier molecular flexibility index (Phi) is 4.72. The zero-order valence-corrected chi connectivity index (χ0v) is 10.8. The topological polar surface area (TPSA) is 75.3 Å². The second kappa shape index (κ2) is 5.84. The van der Waals surface area contributed by atoms with Gasteiger partial charge in [0.1, 0.15) is 5.75 Å². The molecule has 0 spiro atoms. The van der Waals surface area contributed by atoms with Crippen LogP contribution in [0.2, 0.25) is 5.02 Å². The fraction of sp³-hybridized carbons (Fsp3) is 0.273. The van der Waals surface area contributed by atoms with Crippen LogP contribution in [0.4, 0.5) is 0 Å². The summed E-state index contributed by atoms with van der Waals surface area (Å²) in [5.74, 6) is -0.379. The first-order valence-corrected chi connectivity index (χ1v) is 5.76. The number of nitrogens with two attached hydrogens (primary N) is 1. The van der Waals surface area contributed by atoms with Gasteiger partial charge in [0.15, 0.2) is 0 Å². The van der Waals surface area contributed by atoms with E-state index in [2.05, 4.69) is 5.32 Å². The van der Waals surface area contributed by atoms with Crippen molar-refractivity contribution in [1.29, 1.82) is 0 Å². The number of carbonyl (C=O) groups excluding carboxylic acids is 1. The smallest absolute Gasteiger partial charge is 0.253 e. The van der Waals surface area contributed by atoms with Crippen LogP contribution < -0.4 is 11.1 Å². The summed E-state index contributed by atoms with van der Waals surface area (Å²) < 4.78 is 0. The van der Waals surface area contributed by atoms with Crippen molar-refractivity contribution in [3.63, 3.8) is 0 Å². The van der Waals surface area contributed by atoms with Crippen molar-refractivity contribution in [1.82, 2.24) is 5.32 Å². The highest BCUT2D eigenvalue weighted by Crippen LogP contribution is 2.21. The molecule has 0 saturated heterocycles. The maximum absolute atomic E-state index is 11.8. The molecule has 1 atom stereocenters. The van der Waals surface area contributed by atoms with E-state index in [-0.39, 0.29) is 28.3 Å². The third-order valence-corrected chi connectivity index (χ3v) is 2.58. The Hall–Kier alpha value is -1.33. The van der Waals surface area contributed by atoms with Crippen LogP contribution in [0.5, 0.6) is 5.75 Å². The first kappa shape index (κ1) is 13.7. The molecule has 6 heteroatoms. The molecule has 1 aromatic carbocycles. The van der Waals surface area contributed by atoms with Gasteiger partial charge in [-0.1, -0.05) is 23.8 Å². The lowest BCUT2D eigenvalue weighted by atomic mass is 10.1. The Balaban J connectivity index is 2.76. The van der Waals surface area contributed by atoms with Crippen LogP contribution in [0.15, 0.2) is 18.2 Å². The quantitative estimate of drug-likeness (QED) is 0.731. The van der Waals surface area contributed by atoms with Crippen LogP contribution in [-0.4, -0.2) is 22.0 Å². The molecule has 4 N–H and O–H groups in total. The molecule has 1 rings (SSSR count). The Morgan fingerprint density at radius 3 is 2.88 bits per heavy atom. The minimum Gasteiger partial charge on any atom is -0.508 e. The van der Waals surface area contributed by atoms with E-state index in [1.807, 2.05) is 0 Å². The van der Waals surface area contributed by atoms with Gasteiger partial charge in [0.25, 0.3) is 5.91 Å². The number of nitrogens with one attached hydrogen (secondary N) is 1. The lowest BCUT2D eigenvalue weighted by Gasteiger charge is -2.13. The van der Waals surface area contributed by atoms with Gasteiger partial charge >= 0.3 is 0 Å². The summed E-state index contributed by atoms with van der Waals surface area (Å²) in [6, 6.07) is 4.01. The summed E-state index contributed by atoms with van der Waals surface area (Å²) in [6.07, 6.45) is 0.414. The number of hydrogen-bond donors (Lipinski definition) is 3. The molecule has 17 heavy (non-hydrogen) atoms. The molecule has 0 aromatic heterocycles. The van der Waals surface area contributed by atoms with Gasteiger partial charge in [-0.2, -0.15) is 0 Å². The molecule has 1 amide bonds. The number of rotatable bonds is 4. The zero-order chi connectivity index (χ0) is 13.0. The van der Waals surface area contributed by atoms with E-state index in [0.717, 1.165) is 0 Å². The van der Waals surface area contributed by atoms with Crippen LogP contribution in [0.25, 0.3) is 0 Å². The predicted molar refractivity (Wildman–Crippen MR) is 71.4 cm³/mol. The van der Waals surface area contributed by atoms with Gasteiger partial charge in [0.05, 0.1) is 15.6 Å². The van der Waals surface area contributed by atoms with Crippen LogP contribution in [0.1, 0.15) is 23.7 Å². The number of hydrogen-bond acceptors (Lipinski definition) is 3. The molecule has 0 bridgehead atoms. The molecule has 0 aliphatic carbocycles. The molecule has 0 aliphatic heterocycles. The van der Waals surface area contributed by atoms with E-state index in [1.54, 1.807) is 6.92 Å². The van der Waals surface area contributed by atoms with Gasteiger partial charge in [-0.25, -0.2) is 0 Å². The molecule has 92 valence electrons. The average molecular weight is 273 g/mol. The normalized spacial score (nSPS) is 11.9. The zero-order valence-electron chi connectivity index (χ0n) is 9.24. The van der Waals surface area contributed by atoms with Crippen LogP contribution >= 0.6 is 23.8 Å². The maximum Gasteiger partial charge on any atom is 0.253 e. The maximum atomic E-state index is 11.8. The monoisotopic (exact) mass is 272 g/mol. The molecule has 1 unspecified atom stereocenters. The molecule has 0 aliphatic rings. The number of phenols is 1. The van der Waals surface area contributed by atoms with Crippen molar-refractivity contribution in [2.45, 2.75) is 19.4 Å². The second-order valence-corrected chi connectivity index (χ2v) is 4.64. The minimum absolute atomic E-state index is 0.0125. The number of carbonyl (C=O) groups is 1. The molecule has 0 radical (unpaired) electrons. The standard InChI is InChI=1S/C11H13ClN2O2S/c1-6(4-10(13)17)14-11(16)8-5-7(15)2-3-9(8)12/h2-3,5-6,15H,4H2,1H3,(H2,13,17)(H,14,16). The minimum atomic E-state index is -0.366. The van der Waals surface area contributed by atoms with Gasteiger partial charge in [-0.3, -0.25) is 4.79 Å². The highest BCUT2D eigenvalue weighted by Gasteiger charge is 2.14. The Labute approximate surface area is 110 Å². The summed E-state index contributed by atoms with van der Waals surface area (Å²) in [7, 11) is 0. The molecule has 0 saturated carbocycles. The number of thiocarbonyl (C=S) groups is 1. The van der Waals surface area contributed by atoms with E-state index >= 15 is 0 Å². The lowest BCUT2D eigenvalue weighted by Crippen LogP contribution is -2.35. The summed E-state index contributed by atoms with van der Waals surface area (Å²) in [4.78, 5) is 12.2. The molecule has 0 heterocycles. The number of benzene rings is 1. The van der Waals surface area contributed by atoms with E-state index in [4.69, 9.17) is 29.6 Å². The first-order valence-electron chi connectivity index (χ1n) is 4.98. The summed E-state index contributed by atoms with van der Waals surface area (Å²) in [6.45, 7) is 1.79. The van der Waals surface area contributed by atoms with Crippen LogP contribution in [-0.2, 0) is 0 Å². The fourth-order valence-electron chi connectivity index (χ4n) is 1.34. The largest absolute Gasteiger partial charge is 0.508 e. The van der Waals surface area contributed by atoms with Gasteiger partial charge in [-0.15, -0.1) is 0 Å². The number of halogens is 1. The number of amides is 1. The van der Waals surface area contributed by atoms with Crippen molar-refractivity contribution in [2.75, 3.05) is 0 Å². The van der Waals surface area contributed by atoms with Gasteiger partial charge < -0.3 is 16.2 Å². The van der Waals surface area contributed by atoms with E-state index in [9.17, 15) is 9.90 Å². The van der Waals surface area contributed by atoms with Gasteiger partial charge in [-0.05, 0) is 25.1 Å². The SMILES string of the molecule is CC(CC(N)=S)NC(=O)c1cc(O)ccc1Cl. The second-order valence-electron chi connectivity index (χ2n) is 3.71. The Bertz CT molecular complexity index is 451. The predicted octanol–water partition coefficient (Wildman–Crippen LogP) is 1.84. The fourth-order valence-corrected chi connectivity index (χ4v) is 1.79. The molecule has 1 aromatic rings. The van der Waals surface area contributed by atoms with Gasteiger partial charge in [0, 0.05) is 12.5 Å². The third-order valence-electron chi connectivity index (χ3n) is 2.08. The molecule has 0 fully saturated rings. The Morgan fingerprint density at radius 1 is 1.65 bits per heavy atom. The van der Waals surface area contributed by atoms with Crippen molar-refractivity contribution in [3.05, 3.63) is 28.8 Å². The van der Waals surface area contributed by atoms with Crippen molar-refractivity contribution in [3.8, 4) is 5.75 Å². The summed E-state index contributed by atoms with van der Waals surface area (Å²) in [5.41, 5.74) is 5.60. The van der Waals surface area contributed by atoms with Crippen molar-refractivity contribution >= 4 is 34.7 Å². The number of aromatic hydroxyl groups is 1. The Morgan fingerprint density at radius 2 is 2.29 bits per heavy atom. The molecular weight excluding hydrogens is 260 g/mol. The van der Waals surface area contributed by atoms with Crippen LogP contribution in [0.3, 0.4) is 0 Å². The van der Waals surface area contributed by atoms with E-state index < -0.39 is 0 Å². The summed E-state index contributed by atoms with van der Waals surface area (Å²) >= 11 is 10.6. The van der Waals surface area contributed by atoms with Crippen molar-refractivity contribution in [2.24, 2.45) is 5.73 Å². The van der Waals surface area contributed by atoms with E-state index in [1.165, 1.54) is 18.2 Å². The average Bonchev–Trinajstić information content (AvgIpc) is 2.20.